The summed E-state index contributed by atoms with van der Waals surface area (Å²) in [7, 11) is 0. The standard InChI is InChI=1S/C15H17NO2/c1-11-4-2-3-5-15(11)18-13-8-6-12(7-9-13)14(17)10-16/h2-9,14,17H,10,16H2,1H3. The minimum Gasteiger partial charge on any atom is -0.457 e. The highest BCUT2D eigenvalue weighted by Crippen LogP contribution is 2.25. The predicted octanol–water partition coefficient (Wildman–Crippen LogP) is 2.78. The second kappa shape index (κ2) is 5.67. The molecule has 0 bridgehead atoms. The van der Waals surface area contributed by atoms with Crippen molar-refractivity contribution in [3.05, 3.63) is 59.7 Å². The third-order valence-electron chi connectivity index (χ3n) is 2.81. The van der Waals surface area contributed by atoms with Gasteiger partial charge < -0.3 is 15.6 Å². The van der Waals surface area contributed by atoms with E-state index in [1.165, 1.54) is 0 Å². The lowest BCUT2D eigenvalue weighted by Crippen LogP contribution is -2.11. The van der Waals surface area contributed by atoms with E-state index in [1.54, 1.807) is 0 Å². The first-order chi connectivity index (χ1) is 8.70. The second-order valence-electron chi connectivity index (χ2n) is 4.19. The van der Waals surface area contributed by atoms with Gasteiger partial charge in [-0.15, -0.1) is 0 Å². The van der Waals surface area contributed by atoms with Gasteiger partial charge in [-0.2, -0.15) is 0 Å². The molecule has 0 aliphatic carbocycles. The summed E-state index contributed by atoms with van der Waals surface area (Å²) in [5.41, 5.74) is 7.29. The van der Waals surface area contributed by atoms with Crippen molar-refractivity contribution in [3.8, 4) is 11.5 Å². The van der Waals surface area contributed by atoms with Crippen LogP contribution in [0.25, 0.3) is 0 Å². The molecule has 0 spiro atoms. The average Bonchev–Trinajstić information content (AvgIpc) is 2.41. The van der Waals surface area contributed by atoms with E-state index >= 15 is 0 Å². The number of nitrogens with two attached hydrogens (primary N) is 1. The normalized spacial score (nSPS) is 12.2. The van der Waals surface area contributed by atoms with E-state index in [9.17, 15) is 5.11 Å². The molecule has 18 heavy (non-hydrogen) atoms. The maximum absolute atomic E-state index is 9.59. The van der Waals surface area contributed by atoms with Crippen LogP contribution in [-0.2, 0) is 0 Å². The molecule has 3 heteroatoms. The van der Waals surface area contributed by atoms with Crippen molar-refractivity contribution >= 4 is 0 Å². The molecule has 0 fully saturated rings. The third kappa shape index (κ3) is 2.88. The molecule has 3 N–H and O–H groups in total. The van der Waals surface area contributed by atoms with Gasteiger partial charge in [-0.3, -0.25) is 0 Å². The van der Waals surface area contributed by atoms with Gasteiger partial charge in [0, 0.05) is 6.54 Å². The van der Waals surface area contributed by atoms with Crippen LogP contribution >= 0.6 is 0 Å². The minimum atomic E-state index is -0.613. The van der Waals surface area contributed by atoms with E-state index in [2.05, 4.69) is 0 Å². The minimum absolute atomic E-state index is 0.220. The number of aliphatic hydroxyl groups is 1. The molecule has 94 valence electrons. The molecule has 0 heterocycles. The summed E-state index contributed by atoms with van der Waals surface area (Å²) < 4.78 is 5.76. The van der Waals surface area contributed by atoms with Gasteiger partial charge in [0.15, 0.2) is 0 Å². The number of aliphatic hydroxyl groups excluding tert-OH is 1. The molecule has 0 saturated heterocycles. The molecule has 0 aliphatic heterocycles. The first-order valence-corrected chi connectivity index (χ1v) is 5.92. The highest BCUT2D eigenvalue weighted by atomic mass is 16.5. The van der Waals surface area contributed by atoms with Crippen molar-refractivity contribution in [1.29, 1.82) is 0 Å². The summed E-state index contributed by atoms with van der Waals surface area (Å²) in [6.07, 6.45) is -0.613. The van der Waals surface area contributed by atoms with E-state index in [1.807, 2.05) is 55.5 Å². The van der Waals surface area contributed by atoms with Crippen molar-refractivity contribution in [3.63, 3.8) is 0 Å². The molecule has 2 aromatic carbocycles. The highest BCUT2D eigenvalue weighted by molar-refractivity contribution is 5.37. The number of hydrogen-bond acceptors (Lipinski definition) is 3. The van der Waals surface area contributed by atoms with Crippen molar-refractivity contribution in [1.82, 2.24) is 0 Å². The predicted molar refractivity (Wildman–Crippen MR) is 71.7 cm³/mol. The zero-order valence-electron chi connectivity index (χ0n) is 10.3. The fraction of sp³-hybridized carbons (Fsp3) is 0.200. The topological polar surface area (TPSA) is 55.5 Å². The maximum atomic E-state index is 9.59. The first kappa shape index (κ1) is 12.6. The monoisotopic (exact) mass is 243 g/mol. The van der Waals surface area contributed by atoms with Crippen LogP contribution in [0.1, 0.15) is 17.2 Å². The van der Waals surface area contributed by atoms with Gasteiger partial charge in [-0.05, 0) is 36.2 Å². The van der Waals surface area contributed by atoms with Crippen LogP contribution in [0.5, 0.6) is 11.5 Å². The zero-order chi connectivity index (χ0) is 13.0. The van der Waals surface area contributed by atoms with Crippen molar-refractivity contribution in [2.45, 2.75) is 13.0 Å². The number of benzene rings is 2. The van der Waals surface area contributed by atoms with E-state index in [-0.39, 0.29) is 6.54 Å². The Hall–Kier alpha value is -1.84. The molecule has 0 amide bonds. The fourth-order valence-electron chi connectivity index (χ4n) is 1.69. The van der Waals surface area contributed by atoms with Crippen molar-refractivity contribution in [2.75, 3.05) is 6.54 Å². The van der Waals surface area contributed by atoms with Gasteiger partial charge in [-0.25, -0.2) is 0 Å². The van der Waals surface area contributed by atoms with Crippen LogP contribution in [0.4, 0.5) is 0 Å². The van der Waals surface area contributed by atoms with Crippen LogP contribution in [0.15, 0.2) is 48.5 Å². The van der Waals surface area contributed by atoms with E-state index < -0.39 is 6.10 Å². The molecule has 1 unspecified atom stereocenters. The van der Waals surface area contributed by atoms with Crippen LogP contribution in [0, 0.1) is 6.92 Å². The Bertz CT molecular complexity index is 508. The molecular formula is C15H17NO2. The molecule has 0 aliphatic rings. The molecule has 0 aromatic heterocycles. The Morgan fingerprint density at radius 1 is 1.11 bits per heavy atom. The molecule has 3 nitrogen and oxygen atoms in total. The van der Waals surface area contributed by atoms with Gasteiger partial charge in [-0.1, -0.05) is 30.3 Å². The Morgan fingerprint density at radius 3 is 2.39 bits per heavy atom. The van der Waals surface area contributed by atoms with Crippen LogP contribution in [-0.4, -0.2) is 11.7 Å². The molecular weight excluding hydrogens is 226 g/mol. The lowest BCUT2D eigenvalue weighted by atomic mass is 10.1. The lowest BCUT2D eigenvalue weighted by molar-refractivity contribution is 0.186. The van der Waals surface area contributed by atoms with Crippen LogP contribution in [0.2, 0.25) is 0 Å². The molecule has 2 aromatic rings. The number of aryl methyl sites for hydroxylation is 1. The van der Waals surface area contributed by atoms with Gasteiger partial charge in [0.2, 0.25) is 0 Å². The van der Waals surface area contributed by atoms with Gasteiger partial charge >= 0.3 is 0 Å². The van der Waals surface area contributed by atoms with Gasteiger partial charge in [0.25, 0.3) is 0 Å². The average molecular weight is 243 g/mol. The number of para-hydroxylation sites is 1. The van der Waals surface area contributed by atoms with Crippen LogP contribution in [0.3, 0.4) is 0 Å². The van der Waals surface area contributed by atoms with Gasteiger partial charge in [0.1, 0.15) is 11.5 Å². The van der Waals surface area contributed by atoms with Crippen LogP contribution < -0.4 is 10.5 Å². The van der Waals surface area contributed by atoms with Crippen molar-refractivity contribution < 1.29 is 9.84 Å². The summed E-state index contributed by atoms with van der Waals surface area (Å²) in [4.78, 5) is 0. The molecule has 2 rings (SSSR count). The smallest absolute Gasteiger partial charge is 0.130 e. The fourth-order valence-corrected chi connectivity index (χ4v) is 1.69. The number of hydrogen-bond donors (Lipinski definition) is 2. The summed E-state index contributed by atoms with van der Waals surface area (Å²) in [6, 6.07) is 15.2. The largest absolute Gasteiger partial charge is 0.457 e. The number of rotatable bonds is 4. The molecule has 1 atom stereocenters. The highest BCUT2D eigenvalue weighted by Gasteiger charge is 2.05. The summed E-state index contributed by atoms with van der Waals surface area (Å²) >= 11 is 0. The molecule has 0 saturated carbocycles. The third-order valence-corrected chi connectivity index (χ3v) is 2.81. The van der Waals surface area contributed by atoms with Gasteiger partial charge in [0.05, 0.1) is 6.10 Å². The SMILES string of the molecule is Cc1ccccc1Oc1ccc(C(O)CN)cc1. The van der Waals surface area contributed by atoms with E-state index in [0.29, 0.717) is 0 Å². The Kier molecular flexibility index (Phi) is 3.97. The Balaban J connectivity index is 2.14. The summed E-state index contributed by atoms with van der Waals surface area (Å²) in [5, 5.41) is 9.59. The zero-order valence-corrected chi connectivity index (χ0v) is 10.3. The van der Waals surface area contributed by atoms with E-state index in [4.69, 9.17) is 10.5 Å². The quantitative estimate of drug-likeness (QED) is 0.868. The summed E-state index contributed by atoms with van der Waals surface area (Å²) in [6.45, 7) is 2.22. The van der Waals surface area contributed by atoms with Crippen molar-refractivity contribution in [2.24, 2.45) is 5.73 Å². The number of ether oxygens (including phenoxy) is 1. The Morgan fingerprint density at radius 2 is 1.78 bits per heavy atom. The van der Waals surface area contributed by atoms with E-state index in [0.717, 1.165) is 22.6 Å². The molecule has 0 radical (unpaired) electrons. The maximum Gasteiger partial charge on any atom is 0.130 e. The first-order valence-electron chi connectivity index (χ1n) is 5.92. The second-order valence-corrected chi connectivity index (χ2v) is 4.19. The Labute approximate surface area is 107 Å². The summed E-state index contributed by atoms with van der Waals surface area (Å²) in [5.74, 6) is 1.59. The lowest BCUT2D eigenvalue weighted by Gasteiger charge is -2.11.